The van der Waals surface area contributed by atoms with E-state index in [2.05, 4.69) is 5.32 Å². The molecule has 0 unspecified atom stereocenters. The summed E-state index contributed by atoms with van der Waals surface area (Å²) in [4.78, 5) is 23.7. The summed E-state index contributed by atoms with van der Waals surface area (Å²) in [6, 6.07) is 20.7. The SMILES string of the molecule is O=C(Cc1ccc(Oc2ccc(O[C@@H]3CCCC[C@H]3O)cc2)cc1)Nc1ccccc1C(=O)O. The Hall–Kier alpha value is -3.84. The lowest BCUT2D eigenvalue weighted by atomic mass is 9.95. The van der Waals surface area contributed by atoms with Gasteiger partial charge in [0.05, 0.1) is 23.8 Å². The van der Waals surface area contributed by atoms with E-state index in [-0.39, 0.29) is 29.7 Å². The minimum atomic E-state index is -1.09. The Bertz CT molecular complexity index is 1130. The fourth-order valence-corrected chi connectivity index (χ4v) is 3.95. The smallest absolute Gasteiger partial charge is 0.337 e. The van der Waals surface area contributed by atoms with Crippen LogP contribution in [0.2, 0.25) is 0 Å². The quantitative estimate of drug-likeness (QED) is 0.434. The average Bonchev–Trinajstić information content (AvgIpc) is 2.83. The average molecular weight is 462 g/mol. The number of amides is 1. The minimum absolute atomic E-state index is 0.0472. The van der Waals surface area contributed by atoms with E-state index in [1.165, 1.54) is 6.07 Å². The van der Waals surface area contributed by atoms with Gasteiger partial charge in [0.15, 0.2) is 0 Å². The molecule has 1 saturated carbocycles. The van der Waals surface area contributed by atoms with Crippen LogP contribution in [0.25, 0.3) is 0 Å². The summed E-state index contributed by atoms with van der Waals surface area (Å²) in [5, 5.41) is 22.0. The lowest BCUT2D eigenvalue weighted by molar-refractivity contribution is -0.115. The Morgan fingerprint density at radius 2 is 1.47 bits per heavy atom. The Balaban J connectivity index is 1.30. The molecule has 1 aliphatic carbocycles. The monoisotopic (exact) mass is 461 g/mol. The van der Waals surface area contributed by atoms with Crippen molar-refractivity contribution >= 4 is 17.6 Å². The highest BCUT2D eigenvalue weighted by molar-refractivity contribution is 6.00. The fraction of sp³-hybridized carbons (Fsp3) is 0.259. The highest BCUT2D eigenvalue weighted by Gasteiger charge is 2.24. The van der Waals surface area contributed by atoms with Crippen molar-refractivity contribution in [3.8, 4) is 17.2 Å². The van der Waals surface area contributed by atoms with Gasteiger partial charge >= 0.3 is 5.97 Å². The van der Waals surface area contributed by atoms with Crippen LogP contribution in [-0.2, 0) is 11.2 Å². The van der Waals surface area contributed by atoms with Crippen LogP contribution < -0.4 is 14.8 Å². The topological polar surface area (TPSA) is 105 Å². The molecule has 0 spiro atoms. The van der Waals surface area contributed by atoms with Crippen LogP contribution in [0.3, 0.4) is 0 Å². The Morgan fingerprint density at radius 1 is 0.853 bits per heavy atom. The molecule has 1 fully saturated rings. The highest BCUT2D eigenvalue weighted by atomic mass is 16.5. The number of carboxylic acids is 1. The van der Waals surface area contributed by atoms with E-state index >= 15 is 0 Å². The van der Waals surface area contributed by atoms with Gasteiger partial charge in [0, 0.05) is 0 Å². The first-order chi connectivity index (χ1) is 16.5. The maximum Gasteiger partial charge on any atom is 0.337 e. The summed E-state index contributed by atoms with van der Waals surface area (Å²) >= 11 is 0. The van der Waals surface area contributed by atoms with Gasteiger partial charge in [-0.25, -0.2) is 4.79 Å². The van der Waals surface area contributed by atoms with Crippen LogP contribution in [0.5, 0.6) is 17.2 Å². The number of rotatable bonds is 8. The van der Waals surface area contributed by atoms with Gasteiger partial charge in [-0.1, -0.05) is 30.7 Å². The molecule has 0 radical (unpaired) electrons. The van der Waals surface area contributed by atoms with Crippen molar-refractivity contribution in [1.82, 2.24) is 0 Å². The van der Waals surface area contributed by atoms with E-state index < -0.39 is 12.1 Å². The number of aromatic carboxylic acids is 1. The van der Waals surface area contributed by atoms with E-state index in [9.17, 15) is 19.8 Å². The summed E-state index contributed by atoms with van der Waals surface area (Å²) in [7, 11) is 0. The number of carboxylic acid groups (broad SMARTS) is 1. The molecule has 7 heteroatoms. The number of anilines is 1. The van der Waals surface area contributed by atoms with Gasteiger partial charge in [-0.05, 0) is 73.4 Å². The number of hydrogen-bond acceptors (Lipinski definition) is 5. The molecule has 4 rings (SSSR count). The normalized spacial score (nSPS) is 17.6. The molecule has 7 nitrogen and oxygen atoms in total. The number of hydrogen-bond donors (Lipinski definition) is 3. The van der Waals surface area contributed by atoms with Crippen molar-refractivity contribution in [3.05, 3.63) is 83.9 Å². The Labute approximate surface area is 198 Å². The van der Waals surface area contributed by atoms with E-state index in [1.807, 2.05) is 24.3 Å². The predicted molar refractivity (Wildman–Crippen MR) is 128 cm³/mol. The van der Waals surface area contributed by atoms with Crippen LogP contribution in [-0.4, -0.2) is 34.3 Å². The summed E-state index contributed by atoms with van der Waals surface area (Å²) < 4.78 is 11.8. The highest BCUT2D eigenvalue weighted by Crippen LogP contribution is 2.27. The lowest BCUT2D eigenvalue weighted by Crippen LogP contribution is -2.34. The van der Waals surface area contributed by atoms with Crippen LogP contribution in [0.4, 0.5) is 5.69 Å². The van der Waals surface area contributed by atoms with Gasteiger partial charge < -0.3 is 25.0 Å². The molecule has 3 aromatic carbocycles. The van der Waals surface area contributed by atoms with Gasteiger partial charge in [-0.15, -0.1) is 0 Å². The fourth-order valence-electron chi connectivity index (χ4n) is 3.95. The van der Waals surface area contributed by atoms with Crippen molar-refractivity contribution in [2.45, 2.75) is 44.3 Å². The molecule has 1 aliphatic rings. The van der Waals surface area contributed by atoms with Gasteiger partial charge in [0.25, 0.3) is 0 Å². The second kappa shape index (κ2) is 10.9. The second-order valence-electron chi connectivity index (χ2n) is 8.30. The zero-order valence-electron chi connectivity index (χ0n) is 18.6. The zero-order chi connectivity index (χ0) is 23.9. The van der Waals surface area contributed by atoms with E-state index in [0.717, 1.165) is 31.2 Å². The minimum Gasteiger partial charge on any atom is -0.488 e. The standard InChI is InChI=1S/C27H27NO6/c29-24-7-3-4-8-25(24)34-21-15-13-20(14-16-21)33-19-11-9-18(10-12-19)17-26(30)28-23-6-2-1-5-22(23)27(31)32/h1-2,5-6,9-16,24-25,29H,3-4,7-8,17H2,(H,28,30)(H,31,32)/t24-,25-/m1/s1. The number of benzene rings is 3. The molecule has 1 amide bonds. The Kier molecular flexibility index (Phi) is 7.44. The molecular weight excluding hydrogens is 434 g/mol. The third-order valence-electron chi connectivity index (χ3n) is 5.73. The van der Waals surface area contributed by atoms with Crippen LogP contribution in [0.15, 0.2) is 72.8 Å². The molecule has 0 aromatic heterocycles. The lowest BCUT2D eigenvalue weighted by Gasteiger charge is -2.28. The largest absolute Gasteiger partial charge is 0.488 e. The summed E-state index contributed by atoms with van der Waals surface area (Å²) in [6.45, 7) is 0. The molecule has 0 aliphatic heterocycles. The second-order valence-corrected chi connectivity index (χ2v) is 8.30. The Morgan fingerprint density at radius 3 is 2.15 bits per heavy atom. The van der Waals surface area contributed by atoms with Crippen molar-refractivity contribution in [2.24, 2.45) is 0 Å². The third-order valence-corrected chi connectivity index (χ3v) is 5.73. The first kappa shape index (κ1) is 23.3. The zero-order valence-corrected chi connectivity index (χ0v) is 18.6. The predicted octanol–water partition coefficient (Wildman–Crippen LogP) is 5.04. The van der Waals surface area contributed by atoms with Gasteiger partial charge in [0.1, 0.15) is 23.4 Å². The van der Waals surface area contributed by atoms with Crippen LogP contribution in [0.1, 0.15) is 41.6 Å². The summed E-state index contributed by atoms with van der Waals surface area (Å²) in [6.07, 6.45) is 3.26. The van der Waals surface area contributed by atoms with Crippen LogP contribution in [0, 0.1) is 0 Å². The van der Waals surface area contributed by atoms with Crippen LogP contribution >= 0.6 is 0 Å². The number of nitrogens with one attached hydrogen (secondary N) is 1. The number of carbonyl (C=O) groups excluding carboxylic acids is 1. The molecule has 34 heavy (non-hydrogen) atoms. The molecule has 0 bridgehead atoms. The van der Waals surface area contributed by atoms with Crippen molar-refractivity contribution < 1.29 is 29.3 Å². The molecule has 2 atom stereocenters. The first-order valence-corrected chi connectivity index (χ1v) is 11.3. The molecule has 0 saturated heterocycles. The molecule has 3 N–H and O–H groups in total. The van der Waals surface area contributed by atoms with Gasteiger partial charge in [-0.3, -0.25) is 4.79 Å². The van der Waals surface area contributed by atoms with Crippen molar-refractivity contribution in [1.29, 1.82) is 0 Å². The van der Waals surface area contributed by atoms with Gasteiger partial charge in [0.2, 0.25) is 5.91 Å². The first-order valence-electron chi connectivity index (χ1n) is 11.3. The maximum absolute atomic E-state index is 12.4. The summed E-state index contributed by atoms with van der Waals surface area (Å²) in [5.41, 5.74) is 1.09. The molecule has 176 valence electrons. The molecule has 3 aromatic rings. The maximum atomic E-state index is 12.4. The van der Waals surface area contributed by atoms with E-state index in [4.69, 9.17) is 9.47 Å². The van der Waals surface area contributed by atoms with Crippen molar-refractivity contribution in [3.63, 3.8) is 0 Å². The third kappa shape index (κ3) is 6.14. The number of carbonyl (C=O) groups is 2. The van der Waals surface area contributed by atoms with Gasteiger partial charge in [-0.2, -0.15) is 0 Å². The number of aliphatic hydroxyl groups excluding tert-OH is 1. The van der Waals surface area contributed by atoms with Crippen molar-refractivity contribution in [2.75, 3.05) is 5.32 Å². The molecular formula is C27H27NO6. The number of para-hydroxylation sites is 1. The number of ether oxygens (including phenoxy) is 2. The number of aliphatic hydroxyl groups is 1. The molecule has 0 heterocycles. The summed E-state index contributed by atoms with van der Waals surface area (Å²) in [5.74, 6) is 0.567. The van der Waals surface area contributed by atoms with E-state index in [1.54, 1.807) is 42.5 Å². The van der Waals surface area contributed by atoms with E-state index in [0.29, 0.717) is 17.2 Å².